The highest BCUT2D eigenvalue weighted by atomic mass is 35.5. The summed E-state index contributed by atoms with van der Waals surface area (Å²) >= 11 is 6.06. The SMILES string of the molecule is Cc1nc([N+](=O)[O-])c(C(C#N)(c2ccc(Cl)cc2)N2CCOCC2)n1C(=O)OC(C)(C)C. The van der Waals surface area contributed by atoms with Gasteiger partial charge >= 0.3 is 11.9 Å². The van der Waals surface area contributed by atoms with E-state index in [2.05, 4.69) is 11.1 Å². The first-order chi connectivity index (χ1) is 15.0. The number of ether oxygens (including phenoxy) is 2. The largest absolute Gasteiger partial charge is 0.443 e. The fraction of sp³-hybridized carbons (Fsp3) is 0.476. The fourth-order valence-electron chi connectivity index (χ4n) is 3.75. The van der Waals surface area contributed by atoms with E-state index in [0.717, 1.165) is 4.57 Å². The van der Waals surface area contributed by atoms with E-state index in [1.54, 1.807) is 49.9 Å². The minimum absolute atomic E-state index is 0.0443. The molecule has 0 amide bonds. The van der Waals surface area contributed by atoms with Crippen LogP contribution in [-0.4, -0.2) is 57.4 Å². The number of nitrogens with zero attached hydrogens (tertiary/aromatic N) is 5. The lowest BCUT2D eigenvalue weighted by molar-refractivity contribution is -0.390. The summed E-state index contributed by atoms with van der Waals surface area (Å²) in [6, 6.07) is 8.68. The molecule has 32 heavy (non-hydrogen) atoms. The maximum absolute atomic E-state index is 13.2. The number of nitro groups is 1. The Kier molecular flexibility index (Phi) is 6.55. The second-order valence-electron chi connectivity index (χ2n) is 8.33. The smallest absolute Gasteiger partial charge is 0.422 e. The van der Waals surface area contributed by atoms with Gasteiger partial charge in [0.25, 0.3) is 0 Å². The monoisotopic (exact) mass is 461 g/mol. The van der Waals surface area contributed by atoms with Crippen LogP contribution in [0.1, 0.15) is 37.9 Å². The van der Waals surface area contributed by atoms with Crippen LogP contribution in [0.3, 0.4) is 0 Å². The number of imidazole rings is 1. The fourth-order valence-corrected chi connectivity index (χ4v) is 3.87. The van der Waals surface area contributed by atoms with Gasteiger partial charge in [0.2, 0.25) is 5.82 Å². The van der Waals surface area contributed by atoms with Crippen LogP contribution in [0.4, 0.5) is 10.6 Å². The molecule has 1 aromatic heterocycles. The normalized spacial score (nSPS) is 16.8. The van der Waals surface area contributed by atoms with E-state index in [9.17, 15) is 20.2 Å². The van der Waals surface area contributed by atoms with Crippen molar-refractivity contribution in [1.82, 2.24) is 14.5 Å². The molecule has 1 aliphatic rings. The number of halogens is 1. The highest BCUT2D eigenvalue weighted by Crippen LogP contribution is 2.41. The Morgan fingerprint density at radius 2 is 1.88 bits per heavy atom. The molecule has 1 atom stereocenters. The van der Waals surface area contributed by atoms with Gasteiger partial charge in [0.1, 0.15) is 5.60 Å². The van der Waals surface area contributed by atoms with E-state index < -0.39 is 28.0 Å². The van der Waals surface area contributed by atoms with Crippen molar-refractivity contribution in [2.75, 3.05) is 26.3 Å². The zero-order valence-electron chi connectivity index (χ0n) is 18.3. The number of hydrogen-bond acceptors (Lipinski definition) is 8. The number of rotatable bonds is 4. The lowest BCUT2D eigenvalue weighted by atomic mass is 9.85. The Labute approximate surface area is 190 Å². The van der Waals surface area contributed by atoms with Crippen molar-refractivity contribution in [3.8, 4) is 6.07 Å². The predicted octanol–water partition coefficient (Wildman–Crippen LogP) is 3.64. The molecule has 1 fully saturated rings. The van der Waals surface area contributed by atoms with Crippen LogP contribution >= 0.6 is 11.6 Å². The zero-order valence-corrected chi connectivity index (χ0v) is 19.0. The van der Waals surface area contributed by atoms with Crippen LogP contribution in [0.25, 0.3) is 0 Å². The Balaban J connectivity index is 2.38. The number of nitriles is 1. The Morgan fingerprint density at radius 1 is 1.28 bits per heavy atom. The summed E-state index contributed by atoms with van der Waals surface area (Å²) in [5.74, 6) is -0.542. The average molecular weight is 462 g/mol. The Hall–Kier alpha value is -3.00. The van der Waals surface area contributed by atoms with Crippen molar-refractivity contribution in [1.29, 1.82) is 5.26 Å². The van der Waals surface area contributed by atoms with Crippen LogP contribution in [-0.2, 0) is 15.0 Å². The van der Waals surface area contributed by atoms with Crippen molar-refractivity contribution in [2.24, 2.45) is 0 Å². The third-order valence-electron chi connectivity index (χ3n) is 5.03. The third kappa shape index (κ3) is 4.32. The second-order valence-corrected chi connectivity index (χ2v) is 8.77. The molecule has 0 bridgehead atoms. The van der Waals surface area contributed by atoms with Gasteiger partial charge in [0, 0.05) is 25.0 Å². The van der Waals surface area contributed by atoms with E-state index in [-0.39, 0.29) is 11.5 Å². The highest BCUT2D eigenvalue weighted by Gasteiger charge is 2.51. The van der Waals surface area contributed by atoms with Crippen molar-refractivity contribution < 1.29 is 19.2 Å². The minimum Gasteiger partial charge on any atom is -0.443 e. The summed E-state index contributed by atoms with van der Waals surface area (Å²) in [4.78, 5) is 30.3. The molecule has 1 saturated heterocycles. The number of hydrogen-bond donors (Lipinski definition) is 0. The highest BCUT2D eigenvalue weighted by molar-refractivity contribution is 6.30. The van der Waals surface area contributed by atoms with Gasteiger partial charge in [0.05, 0.1) is 19.3 Å². The summed E-state index contributed by atoms with van der Waals surface area (Å²) < 4.78 is 12.0. The average Bonchev–Trinajstić information content (AvgIpc) is 3.08. The summed E-state index contributed by atoms with van der Waals surface area (Å²) in [5, 5.41) is 23.0. The van der Waals surface area contributed by atoms with Crippen molar-refractivity contribution in [3.05, 3.63) is 56.5 Å². The van der Waals surface area contributed by atoms with Gasteiger partial charge in [-0.15, -0.1) is 0 Å². The predicted molar refractivity (Wildman–Crippen MR) is 115 cm³/mol. The maximum Gasteiger partial charge on any atom is 0.422 e. The number of carbonyl (C=O) groups excluding carboxylic acids is 1. The number of morpholine rings is 1. The van der Waals surface area contributed by atoms with Crippen LogP contribution in [0, 0.1) is 28.4 Å². The quantitative estimate of drug-likeness (QED) is 0.499. The molecule has 1 aromatic carbocycles. The van der Waals surface area contributed by atoms with Crippen LogP contribution in [0.15, 0.2) is 24.3 Å². The molecule has 3 rings (SSSR count). The molecule has 2 heterocycles. The first-order valence-electron chi connectivity index (χ1n) is 9.99. The number of aromatic nitrogens is 2. The van der Waals surface area contributed by atoms with Crippen molar-refractivity contribution in [3.63, 3.8) is 0 Å². The van der Waals surface area contributed by atoms with Gasteiger partial charge in [-0.2, -0.15) is 5.26 Å². The number of carbonyl (C=O) groups is 1. The van der Waals surface area contributed by atoms with Gasteiger partial charge in [0.15, 0.2) is 11.2 Å². The Morgan fingerprint density at radius 3 is 2.38 bits per heavy atom. The number of benzene rings is 1. The molecular formula is C21H24ClN5O5. The lowest BCUT2D eigenvalue weighted by Gasteiger charge is -2.40. The first-order valence-corrected chi connectivity index (χ1v) is 10.4. The molecule has 0 N–H and O–H groups in total. The van der Waals surface area contributed by atoms with Crippen molar-refractivity contribution >= 4 is 23.5 Å². The van der Waals surface area contributed by atoms with Crippen LogP contribution in [0.2, 0.25) is 5.02 Å². The minimum atomic E-state index is -1.71. The molecule has 10 nitrogen and oxygen atoms in total. The lowest BCUT2D eigenvalue weighted by Crippen LogP contribution is -2.53. The molecule has 0 aliphatic carbocycles. The molecular weight excluding hydrogens is 438 g/mol. The van der Waals surface area contributed by atoms with Crippen LogP contribution in [0.5, 0.6) is 0 Å². The molecule has 1 unspecified atom stereocenters. The first kappa shape index (κ1) is 23.7. The molecule has 0 radical (unpaired) electrons. The van der Waals surface area contributed by atoms with Crippen LogP contribution < -0.4 is 0 Å². The van der Waals surface area contributed by atoms with Gasteiger partial charge < -0.3 is 19.6 Å². The van der Waals surface area contributed by atoms with Gasteiger partial charge in [-0.3, -0.25) is 4.90 Å². The van der Waals surface area contributed by atoms with Gasteiger partial charge in [-0.25, -0.2) is 9.36 Å². The molecule has 170 valence electrons. The van der Waals surface area contributed by atoms with Crippen molar-refractivity contribution in [2.45, 2.75) is 38.8 Å². The summed E-state index contributed by atoms with van der Waals surface area (Å²) in [5.41, 5.74) is -2.34. The summed E-state index contributed by atoms with van der Waals surface area (Å²) in [6.45, 7) is 7.79. The summed E-state index contributed by atoms with van der Waals surface area (Å²) in [6.07, 6.45) is -0.854. The molecule has 11 heteroatoms. The van der Waals surface area contributed by atoms with E-state index >= 15 is 0 Å². The zero-order chi connectivity index (χ0) is 23.7. The van der Waals surface area contributed by atoms with E-state index in [1.807, 2.05) is 0 Å². The molecule has 2 aromatic rings. The number of aryl methyl sites for hydroxylation is 1. The van der Waals surface area contributed by atoms with E-state index in [0.29, 0.717) is 36.9 Å². The Bertz CT molecular complexity index is 1060. The van der Waals surface area contributed by atoms with E-state index in [4.69, 9.17) is 21.1 Å². The maximum atomic E-state index is 13.2. The topological polar surface area (TPSA) is 124 Å². The molecule has 1 aliphatic heterocycles. The molecule has 0 saturated carbocycles. The van der Waals surface area contributed by atoms with Gasteiger partial charge in [-0.05, 0) is 48.4 Å². The molecule has 0 spiro atoms. The standard InChI is InChI=1S/C21H24ClN5O5/c1-14-24-18(27(29)30)17(26(14)19(28)32-20(2,3)4)21(13-23,25-9-11-31-12-10-25)15-5-7-16(22)8-6-15/h5-8H,9-12H2,1-4H3. The van der Waals surface area contributed by atoms with E-state index in [1.165, 1.54) is 6.92 Å². The second kappa shape index (κ2) is 8.86. The third-order valence-corrected chi connectivity index (χ3v) is 5.28. The van der Waals surface area contributed by atoms with Gasteiger partial charge in [-0.1, -0.05) is 23.7 Å². The summed E-state index contributed by atoms with van der Waals surface area (Å²) in [7, 11) is 0.